The van der Waals surface area contributed by atoms with Crippen molar-refractivity contribution < 1.29 is 18.7 Å². The maximum atomic E-state index is 13.6. The number of nitrogens with one attached hydrogen (secondary N) is 1. The molecular formula is C23H29FN2O3. The zero-order chi connectivity index (χ0) is 20.5. The Hall–Kier alpha value is -2.60. The third-order valence-electron chi connectivity index (χ3n) is 4.81. The molecule has 1 amide bonds. The highest BCUT2D eigenvalue weighted by Crippen LogP contribution is 2.33. The lowest BCUT2D eigenvalue weighted by atomic mass is 10.1. The normalized spacial score (nSPS) is 16.4. The number of halogens is 1. The molecule has 1 heterocycles. The molecule has 1 N–H and O–H groups in total. The molecule has 0 spiro atoms. The summed E-state index contributed by atoms with van der Waals surface area (Å²) >= 11 is 0. The van der Waals surface area contributed by atoms with Gasteiger partial charge in [0.25, 0.3) is 0 Å². The molecule has 156 valence electrons. The van der Waals surface area contributed by atoms with Crippen LogP contribution in [0.4, 0.5) is 4.39 Å². The molecule has 0 saturated heterocycles. The second kappa shape index (κ2) is 10.8. The minimum absolute atomic E-state index is 0.0240. The molecule has 0 aromatic heterocycles. The summed E-state index contributed by atoms with van der Waals surface area (Å²) in [6, 6.07) is 12.3. The van der Waals surface area contributed by atoms with Crippen molar-refractivity contribution in [2.75, 3.05) is 26.3 Å². The van der Waals surface area contributed by atoms with Gasteiger partial charge in [-0.15, -0.1) is 0 Å². The maximum absolute atomic E-state index is 13.6. The number of fused-ring (bicyclic) bond motifs is 1. The molecule has 6 heteroatoms. The fourth-order valence-electron chi connectivity index (χ4n) is 3.49. The minimum Gasteiger partial charge on any atom is -0.490 e. The van der Waals surface area contributed by atoms with Gasteiger partial charge in [-0.3, -0.25) is 9.69 Å². The van der Waals surface area contributed by atoms with Crippen molar-refractivity contribution in [3.8, 4) is 11.5 Å². The van der Waals surface area contributed by atoms with Crippen LogP contribution in [0.3, 0.4) is 0 Å². The zero-order valence-corrected chi connectivity index (χ0v) is 17.0. The van der Waals surface area contributed by atoms with Crippen LogP contribution in [-0.4, -0.2) is 37.1 Å². The highest BCUT2D eigenvalue weighted by molar-refractivity contribution is 5.78. The van der Waals surface area contributed by atoms with Crippen LogP contribution in [0.1, 0.15) is 37.3 Å². The largest absolute Gasteiger partial charge is 0.490 e. The third-order valence-corrected chi connectivity index (χ3v) is 4.81. The van der Waals surface area contributed by atoms with Gasteiger partial charge in [-0.1, -0.05) is 24.3 Å². The minimum atomic E-state index is -0.278. The molecule has 0 fully saturated rings. The first-order chi connectivity index (χ1) is 14.2. The number of carbonyl (C=O) groups excluding carboxylic acids is 1. The first-order valence-corrected chi connectivity index (χ1v) is 10.3. The quantitative estimate of drug-likeness (QED) is 0.846. The lowest BCUT2D eigenvalue weighted by Gasteiger charge is -2.24. The van der Waals surface area contributed by atoms with E-state index in [1.165, 1.54) is 12.1 Å². The van der Waals surface area contributed by atoms with E-state index in [1.54, 1.807) is 6.07 Å². The van der Waals surface area contributed by atoms with E-state index < -0.39 is 0 Å². The lowest BCUT2D eigenvalue weighted by molar-refractivity contribution is -0.122. The van der Waals surface area contributed by atoms with Crippen LogP contribution in [0.25, 0.3) is 0 Å². The SMILES string of the molecule is CCOc1cccc2c1OCCCCCNC(=O)CN(Cc1cccc(F)c1)C2. The van der Waals surface area contributed by atoms with Gasteiger partial charge in [0, 0.05) is 25.2 Å². The molecule has 0 aliphatic carbocycles. The fraction of sp³-hybridized carbons (Fsp3) is 0.435. The summed E-state index contributed by atoms with van der Waals surface area (Å²) in [5.41, 5.74) is 1.78. The monoisotopic (exact) mass is 400 g/mol. The Morgan fingerprint density at radius 3 is 2.83 bits per heavy atom. The van der Waals surface area contributed by atoms with Gasteiger partial charge in [-0.2, -0.15) is 0 Å². The van der Waals surface area contributed by atoms with Gasteiger partial charge in [0.15, 0.2) is 11.5 Å². The molecule has 0 radical (unpaired) electrons. The summed E-state index contributed by atoms with van der Waals surface area (Å²) in [6.07, 6.45) is 2.82. The van der Waals surface area contributed by atoms with E-state index in [0.29, 0.717) is 32.8 Å². The third kappa shape index (κ3) is 6.46. The Morgan fingerprint density at radius 1 is 1.14 bits per heavy atom. The van der Waals surface area contributed by atoms with Crippen molar-refractivity contribution in [1.29, 1.82) is 0 Å². The van der Waals surface area contributed by atoms with Crippen LogP contribution in [-0.2, 0) is 17.9 Å². The van der Waals surface area contributed by atoms with Crippen molar-refractivity contribution in [3.63, 3.8) is 0 Å². The Balaban J connectivity index is 1.88. The molecule has 5 nitrogen and oxygen atoms in total. The summed E-state index contributed by atoms with van der Waals surface area (Å²) in [5, 5.41) is 2.98. The van der Waals surface area contributed by atoms with Gasteiger partial charge >= 0.3 is 0 Å². The maximum Gasteiger partial charge on any atom is 0.234 e. The van der Waals surface area contributed by atoms with Crippen LogP contribution in [0.15, 0.2) is 42.5 Å². The number of nitrogens with zero attached hydrogens (tertiary/aromatic N) is 1. The molecular weight excluding hydrogens is 371 g/mol. The van der Waals surface area contributed by atoms with Crippen molar-refractivity contribution in [1.82, 2.24) is 10.2 Å². The smallest absolute Gasteiger partial charge is 0.234 e. The van der Waals surface area contributed by atoms with Crippen LogP contribution >= 0.6 is 0 Å². The van der Waals surface area contributed by atoms with E-state index in [0.717, 1.165) is 41.9 Å². The van der Waals surface area contributed by atoms with E-state index in [-0.39, 0.29) is 18.3 Å². The van der Waals surface area contributed by atoms with E-state index >= 15 is 0 Å². The summed E-state index contributed by atoms with van der Waals surface area (Å²) in [4.78, 5) is 14.5. The second-order valence-corrected chi connectivity index (χ2v) is 7.21. The number of benzene rings is 2. The van der Waals surface area contributed by atoms with Gasteiger partial charge in [-0.05, 0) is 49.9 Å². The zero-order valence-electron chi connectivity index (χ0n) is 17.0. The molecule has 2 aromatic rings. The van der Waals surface area contributed by atoms with Gasteiger partial charge in [0.05, 0.1) is 19.8 Å². The van der Waals surface area contributed by atoms with E-state index in [2.05, 4.69) is 5.32 Å². The van der Waals surface area contributed by atoms with Crippen molar-refractivity contribution >= 4 is 5.91 Å². The topological polar surface area (TPSA) is 50.8 Å². The molecule has 2 aromatic carbocycles. The molecule has 1 aliphatic heterocycles. The number of ether oxygens (including phenoxy) is 2. The second-order valence-electron chi connectivity index (χ2n) is 7.21. The average molecular weight is 400 g/mol. The lowest BCUT2D eigenvalue weighted by Crippen LogP contribution is -2.37. The van der Waals surface area contributed by atoms with Crippen LogP contribution in [0, 0.1) is 5.82 Å². The Morgan fingerprint density at radius 2 is 2.00 bits per heavy atom. The number of para-hydroxylation sites is 1. The first kappa shape index (κ1) is 21.1. The van der Waals surface area contributed by atoms with Gasteiger partial charge in [0.2, 0.25) is 5.91 Å². The van der Waals surface area contributed by atoms with Crippen LogP contribution < -0.4 is 14.8 Å². The van der Waals surface area contributed by atoms with Gasteiger partial charge in [-0.25, -0.2) is 4.39 Å². The number of amides is 1. The Bertz CT molecular complexity index is 812. The predicted molar refractivity (Wildman–Crippen MR) is 110 cm³/mol. The van der Waals surface area contributed by atoms with E-state index in [9.17, 15) is 9.18 Å². The van der Waals surface area contributed by atoms with Crippen LogP contribution in [0.5, 0.6) is 11.5 Å². The predicted octanol–water partition coefficient (Wildman–Crippen LogP) is 3.91. The van der Waals surface area contributed by atoms with E-state index in [4.69, 9.17) is 9.47 Å². The van der Waals surface area contributed by atoms with Crippen molar-refractivity contribution in [2.45, 2.75) is 39.3 Å². The molecule has 0 bridgehead atoms. The summed E-state index contributed by atoms with van der Waals surface area (Å²) in [6.45, 7) is 4.95. The fourth-order valence-corrected chi connectivity index (χ4v) is 3.49. The summed E-state index contributed by atoms with van der Waals surface area (Å²) in [5.74, 6) is 1.15. The molecule has 0 saturated carbocycles. The van der Waals surface area contributed by atoms with Gasteiger partial charge < -0.3 is 14.8 Å². The van der Waals surface area contributed by atoms with Gasteiger partial charge in [0.1, 0.15) is 5.82 Å². The highest BCUT2D eigenvalue weighted by atomic mass is 19.1. The highest BCUT2D eigenvalue weighted by Gasteiger charge is 2.18. The standard InChI is InChI=1S/C23H29FN2O3/c1-2-28-21-11-7-9-19-16-26(15-18-8-6-10-20(24)14-18)17-22(27)25-12-4-3-5-13-29-23(19)21/h6-11,14H,2-5,12-13,15-17H2,1H3,(H,25,27). The molecule has 29 heavy (non-hydrogen) atoms. The molecule has 0 unspecified atom stereocenters. The first-order valence-electron chi connectivity index (χ1n) is 10.3. The van der Waals surface area contributed by atoms with Crippen LogP contribution in [0.2, 0.25) is 0 Å². The van der Waals surface area contributed by atoms with Crippen molar-refractivity contribution in [3.05, 3.63) is 59.4 Å². The number of hydrogen-bond acceptors (Lipinski definition) is 4. The number of carbonyl (C=O) groups is 1. The Labute approximate surface area is 171 Å². The molecule has 1 aliphatic rings. The number of hydrogen-bond donors (Lipinski definition) is 1. The Kier molecular flexibility index (Phi) is 7.87. The number of rotatable bonds is 4. The summed E-state index contributed by atoms with van der Waals surface area (Å²) < 4.78 is 25.5. The summed E-state index contributed by atoms with van der Waals surface area (Å²) in [7, 11) is 0. The van der Waals surface area contributed by atoms with E-state index in [1.807, 2.05) is 36.1 Å². The van der Waals surface area contributed by atoms with Crippen molar-refractivity contribution in [2.24, 2.45) is 0 Å². The molecule has 3 rings (SSSR count). The average Bonchev–Trinajstić information content (AvgIpc) is 2.70. The molecule has 0 atom stereocenters.